The summed E-state index contributed by atoms with van der Waals surface area (Å²) in [6.45, 7) is 1.96. The maximum absolute atomic E-state index is 12.0. The van der Waals surface area contributed by atoms with Crippen LogP contribution in [0.15, 0.2) is 16.7 Å². The van der Waals surface area contributed by atoms with Crippen molar-refractivity contribution in [1.29, 1.82) is 0 Å². The zero-order valence-electron chi connectivity index (χ0n) is 11.9. The Kier molecular flexibility index (Phi) is 5.37. The fourth-order valence-electron chi connectivity index (χ4n) is 2.57. The van der Waals surface area contributed by atoms with Crippen molar-refractivity contribution < 1.29 is 14.3 Å². The molecular weight excluding hydrogens is 276 g/mol. The number of nitrogens with one attached hydrogen (secondary N) is 2. The molecule has 0 saturated carbocycles. The number of rotatable bonds is 5. The van der Waals surface area contributed by atoms with Gasteiger partial charge in [-0.25, -0.2) is 4.79 Å². The van der Waals surface area contributed by atoms with Gasteiger partial charge in [0.05, 0.1) is 18.9 Å². The summed E-state index contributed by atoms with van der Waals surface area (Å²) in [7, 11) is 0. The third kappa shape index (κ3) is 3.49. The fourth-order valence-corrected chi connectivity index (χ4v) is 3.20. The van der Waals surface area contributed by atoms with Crippen LogP contribution >= 0.6 is 11.8 Å². The van der Waals surface area contributed by atoms with Crippen LogP contribution in [0.3, 0.4) is 0 Å². The molecule has 1 aromatic heterocycles. The lowest BCUT2D eigenvalue weighted by molar-refractivity contribution is 0.227. The number of aryl methyl sites for hydroxylation is 1. The molecule has 0 spiro atoms. The Hall–Kier alpha value is -1.14. The Labute approximate surface area is 123 Å². The Morgan fingerprint density at radius 3 is 3.15 bits per heavy atom. The lowest BCUT2D eigenvalue weighted by Gasteiger charge is -2.26. The van der Waals surface area contributed by atoms with Crippen molar-refractivity contribution in [2.75, 3.05) is 12.9 Å². The van der Waals surface area contributed by atoms with Crippen LogP contribution in [-0.2, 0) is 6.42 Å². The molecule has 0 bridgehead atoms. The van der Waals surface area contributed by atoms with Crippen LogP contribution in [0.25, 0.3) is 0 Å². The van der Waals surface area contributed by atoms with E-state index in [1.807, 2.05) is 19.2 Å². The molecular formula is C14H22N2O3S. The maximum atomic E-state index is 12.0. The van der Waals surface area contributed by atoms with Gasteiger partial charge in [0.1, 0.15) is 5.76 Å². The molecule has 2 rings (SSSR count). The quantitative estimate of drug-likeness (QED) is 0.778. The summed E-state index contributed by atoms with van der Waals surface area (Å²) in [5, 5.41) is 15.1. The standard InChI is InChI=1S/C14H22N2O3S/c1-9(13(8-17)20-2)15-14(18)16-11-4-3-5-12-10(11)6-7-19-12/h6-7,9,11,13,17H,3-5,8H2,1-2H3,(H2,15,16,18). The third-order valence-corrected chi connectivity index (χ3v) is 4.92. The van der Waals surface area contributed by atoms with E-state index < -0.39 is 0 Å². The summed E-state index contributed by atoms with van der Waals surface area (Å²) in [6.07, 6.45) is 6.50. The van der Waals surface area contributed by atoms with E-state index in [1.165, 1.54) is 0 Å². The first-order valence-electron chi connectivity index (χ1n) is 6.92. The van der Waals surface area contributed by atoms with Gasteiger partial charge in [-0.15, -0.1) is 0 Å². The second-order valence-corrected chi connectivity index (χ2v) is 6.18. The van der Waals surface area contributed by atoms with Gasteiger partial charge in [0.2, 0.25) is 0 Å². The Balaban J connectivity index is 1.90. The van der Waals surface area contributed by atoms with E-state index in [0.717, 1.165) is 30.6 Å². The minimum Gasteiger partial charge on any atom is -0.469 e. The first-order chi connectivity index (χ1) is 9.65. The van der Waals surface area contributed by atoms with Crippen molar-refractivity contribution in [1.82, 2.24) is 10.6 Å². The van der Waals surface area contributed by atoms with Crippen molar-refractivity contribution >= 4 is 17.8 Å². The highest BCUT2D eigenvalue weighted by atomic mass is 32.2. The number of thioether (sulfide) groups is 1. The molecule has 0 fully saturated rings. The van der Waals surface area contributed by atoms with Crippen molar-refractivity contribution in [2.24, 2.45) is 0 Å². The van der Waals surface area contributed by atoms with Crippen molar-refractivity contribution in [3.63, 3.8) is 0 Å². The fraction of sp³-hybridized carbons (Fsp3) is 0.643. The lowest BCUT2D eigenvalue weighted by Crippen LogP contribution is -2.47. The molecule has 6 heteroatoms. The molecule has 1 heterocycles. The minimum atomic E-state index is -0.191. The molecule has 0 saturated heterocycles. The average Bonchev–Trinajstić information content (AvgIpc) is 2.89. The summed E-state index contributed by atoms with van der Waals surface area (Å²) in [6, 6.07) is 1.68. The van der Waals surface area contributed by atoms with Crippen molar-refractivity contribution in [3.8, 4) is 0 Å². The molecule has 2 amide bonds. The number of fused-ring (bicyclic) bond motifs is 1. The number of urea groups is 1. The molecule has 3 unspecified atom stereocenters. The summed E-state index contributed by atoms with van der Waals surface area (Å²) in [5.74, 6) is 0.979. The number of hydrogen-bond acceptors (Lipinski definition) is 4. The summed E-state index contributed by atoms with van der Waals surface area (Å²) in [5.41, 5.74) is 1.09. The van der Waals surface area contributed by atoms with Crippen LogP contribution in [0.4, 0.5) is 4.79 Å². The minimum absolute atomic E-state index is 0.0107. The molecule has 3 N–H and O–H groups in total. The van der Waals surface area contributed by atoms with E-state index in [4.69, 9.17) is 4.42 Å². The molecule has 1 aromatic rings. The number of hydrogen-bond donors (Lipinski definition) is 3. The molecule has 0 radical (unpaired) electrons. The molecule has 3 atom stereocenters. The number of carbonyl (C=O) groups excluding carboxylic acids is 1. The molecule has 1 aliphatic rings. The van der Waals surface area contributed by atoms with Gasteiger partial charge in [0, 0.05) is 23.3 Å². The Morgan fingerprint density at radius 2 is 2.45 bits per heavy atom. The van der Waals surface area contributed by atoms with Crippen LogP contribution in [0.2, 0.25) is 0 Å². The van der Waals surface area contributed by atoms with Crippen molar-refractivity contribution in [2.45, 2.75) is 43.5 Å². The summed E-state index contributed by atoms with van der Waals surface area (Å²) in [4.78, 5) is 12.0. The van der Waals surface area contributed by atoms with Gasteiger partial charge < -0.3 is 20.2 Å². The first-order valence-corrected chi connectivity index (χ1v) is 8.21. The summed E-state index contributed by atoms with van der Waals surface area (Å²) < 4.78 is 5.41. The van der Waals surface area contributed by atoms with Crippen molar-refractivity contribution in [3.05, 3.63) is 23.7 Å². The number of carbonyl (C=O) groups is 1. The van der Waals surface area contributed by atoms with Crippen LogP contribution < -0.4 is 10.6 Å². The molecule has 20 heavy (non-hydrogen) atoms. The second-order valence-electron chi connectivity index (χ2n) is 5.11. The summed E-state index contributed by atoms with van der Waals surface area (Å²) >= 11 is 1.55. The zero-order chi connectivity index (χ0) is 14.5. The lowest BCUT2D eigenvalue weighted by atomic mass is 9.93. The highest BCUT2D eigenvalue weighted by Crippen LogP contribution is 2.30. The van der Waals surface area contributed by atoms with Gasteiger partial charge >= 0.3 is 6.03 Å². The van der Waals surface area contributed by atoms with Crippen LogP contribution in [-0.4, -0.2) is 35.3 Å². The van der Waals surface area contributed by atoms with Gasteiger partial charge in [-0.1, -0.05) is 0 Å². The highest BCUT2D eigenvalue weighted by Gasteiger charge is 2.25. The van der Waals surface area contributed by atoms with E-state index in [0.29, 0.717) is 0 Å². The van der Waals surface area contributed by atoms with Crippen LogP contribution in [0.1, 0.15) is 37.1 Å². The zero-order valence-corrected chi connectivity index (χ0v) is 12.7. The van der Waals surface area contributed by atoms with E-state index in [-0.39, 0.29) is 30.0 Å². The Bertz CT molecular complexity index is 445. The number of aliphatic hydroxyl groups excluding tert-OH is 1. The van der Waals surface area contributed by atoms with E-state index in [9.17, 15) is 9.90 Å². The number of furan rings is 1. The monoisotopic (exact) mass is 298 g/mol. The SMILES string of the molecule is CSC(CO)C(C)NC(=O)NC1CCCc2occc21. The molecule has 0 aliphatic heterocycles. The van der Waals surface area contributed by atoms with E-state index >= 15 is 0 Å². The van der Waals surface area contributed by atoms with Gasteiger partial charge in [-0.05, 0) is 32.1 Å². The smallest absolute Gasteiger partial charge is 0.315 e. The van der Waals surface area contributed by atoms with Crippen LogP contribution in [0, 0.1) is 0 Å². The van der Waals surface area contributed by atoms with Gasteiger partial charge in [0.25, 0.3) is 0 Å². The molecule has 112 valence electrons. The van der Waals surface area contributed by atoms with Crippen LogP contribution in [0.5, 0.6) is 0 Å². The molecule has 5 nitrogen and oxygen atoms in total. The normalized spacial score (nSPS) is 20.9. The second kappa shape index (κ2) is 7.04. The number of amides is 2. The van der Waals surface area contributed by atoms with Gasteiger partial charge in [-0.3, -0.25) is 0 Å². The number of aliphatic hydroxyl groups is 1. The largest absolute Gasteiger partial charge is 0.469 e. The molecule has 0 aromatic carbocycles. The topological polar surface area (TPSA) is 74.5 Å². The van der Waals surface area contributed by atoms with E-state index in [2.05, 4.69) is 10.6 Å². The predicted molar refractivity (Wildman–Crippen MR) is 79.9 cm³/mol. The molecule has 1 aliphatic carbocycles. The van der Waals surface area contributed by atoms with E-state index in [1.54, 1.807) is 18.0 Å². The highest BCUT2D eigenvalue weighted by molar-refractivity contribution is 7.99. The maximum Gasteiger partial charge on any atom is 0.315 e. The third-order valence-electron chi connectivity index (χ3n) is 3.76. The average molecular weight is 298 g/mol. The van der Waals surface area contributed by atoms with Gasteiger partial charge in [0.15, 0.2) is 0 Å². The first kappa shape index (κ1) is 15.3. The predicted octanol–water partition coefficient (Wildman–Crippen LogP) is 2.07. The Morgan fingerprint density at radius 1 is 1.65 bits per heavy atom. The van der Waals surface area contributed by atoms with Gasteiger partial charge in [-0.2, -0.15) is 11.8 Å².